The molecule has 0 aliphatic rings. The lowest BCUT2D eigenvalue weighted by Crippen LogP contribution is -2.39. The molecule has 1 unspecified atom stereocenters. The molecule has 0 bridgehead atoms. The van der Waals surface area contributed by atoms with Crippen molar-refractivity contribution in [3.05, 3.63) is 22.4 Å². The summed E-state index contributed by atoms with van der Waals surface area (Å²) in [6, 6.07) is 5.65. The van der Waals surface area contributed by atoms with Gasteiger partial charge in [0.05, 0.1) is 6.07 Å². The number of rotatable bonds is 5. The Morgan fingerprint density at radius 3 is 2.71 bits per heavy atom. The maximum atomic E-state index is 11.6. The molecule has 4 nitrogen and oxygen atoms in total. The summed E-state index contributed by atoms with van der Waals surface area (Å²) in [4.78, 5) is 1.12. The number of hydrogen-bond acceptors (Lipinski definition) is 4. The lowest BCUT2D eigenvalue weighted by atomic mass is 9.92. The molecule has 1 N–H and O–H groups in total. The Hall–Kier alpha value is -0.900. The first-order valence-electron chi connectivity index (χ1n) is 5.22. The second-order valence-electron chi connectivity index (χ2n) is 4.50. The maximum absolute atomic E-state index is 11.6. The van der Waals surface area contributed by atoms with Crippen LogP contribution in [0.2, 0.25) is 0 Å². The summed E-state index contributed by atoms with van der Waals surface area (Å²) < 4.78 is 25.8. The quantitative estimate of drug-likeness (QED) is 0.889. The van der Waals surface area contributed by atoms with Crippen LogP contribution in [0, 0.1) is 11.3 Å². The van der Waals surface area contributed by atoms with Gasteiger partial charge in [-0.1, -0.05) is 19.9 Å². The van der Waals surface area contributed by atoms with Gasteiger partial charge in [0.2, 0.25) is 10.0 Å². The molecule has 0 saturated heterocycles. The van der Waals surface area contributed by atoms with Gasteiger partial charge in [-0.05, 0) is 18.4 Å². The van der Waals surface area contributed by atoms with Crippen molar-refractivity contribution < 1.29 is 8.42 Å². The van der Waals surface area contributed by atoms with E-state index in [1.54, 1.807) is 17.4 Å². The highest BCUT2D eigenvalue weighted by Gasteiger charge is 2.26. The van der Waals surface area contributed by atoms with Gasteiger partial charge in [0, 0.05) is 16.8 Å². The van der Waals surface area contributed by atoms with Crippen LogP contribution in [0.15, 0.2) is 17.5 Å². The highest BCUT2D eigenvalue weighted by molar-refractivity contribution is 7.90. The number of hydrogen-bond donors (Lipinski definition) is 1. The van der Waals surface area contributed by atoms with Crippen LogP contribution in [0.3, 0.4) is 0 Å². The van der Waals surface area contributed by atoms with Crippen molar-refractivity contribution >= 4 is 21.4 Å². The van der Waals surface area contributed by atoms with Gasteiger partial charge in [0.15, 0.2) is 5.25 Å². The molecule has 0 spiro atoms. The summed E-state index contributed by atoms with van der Waals surface area (Å²) >= 11 is 1.59. The number of thiophene rings is 1. The first kappa shape index (κ1) is 14.2. The van der Waals surface area contributed by atoms with Gasteiger partial charge in [-0.3, -0.25) is 0 Å². The molecule has 1 aromatic heterocycles. The number of nitrogens with zero attached hydrogens (tertiary/aromatic N) is 1. The molecule has 0 aromatic carbocycles. The second kappa shape index (κ2) is 5.17. The van der Waals surface area contributed by atoms with E-state index < -0.39 is 15.3 Å². The minimum atomic E-state index is -3.54. The van der Waals surface area contributed by atoms with Crippen LogP contribution in [0.5, 0.6) is 0 Å². The number of nitrogens with one attached hydrogen (secondary N) is 1. The molecule has 1 aromatic rings. The fourth-order valence-electron chi connectivity index (χ4n) is 1.23. The van der Waals surface area contributed by atoms with Gasteiger partial charge in [0.1, 0.15) is 0 Å². The van der Waals surface area contributed by atoms with E-state index in [2.05, 4.69) is 4.72 Å². The topological polar surface area (TPSA) is 70.0 Å². The Morgan fingerprint density at radius 2 is 2.24 bits per heavy atom. The summed E-state index contributed by atoms with van der Waals surface area (Å²) in [5.74, 6) is 0. The third-order valence-electron chi connectivity index (χ3n) is 2.55. The second-order valence-corrected chi connectivity index (χ2v) is 7.53. The zero-order valence-electron chi connectivity index (χ0n) is 10.1. The van der Waals surface area contributed by atoms with Crippen LogP contribution in [0.4, 0.5) is 0 Å². The fraction of sp³-hybridized carbons (Fsp3) is 0.545. The van der Waals surface area contributed by atoms with Crippen molar-refractivity contribution in [2.75, 3.05) is 6.54 Å². The zero-order chi connectivity index (χ0) is 13.1. The third kappa shape index (κ3) is 3.53. The summed E-state index contributed by atoms with van der Waals surface area (Å²) in [5, 5.41) is 9.55. The Balaban J connectivity index is 2.72. The fourth-order valence-corrected chi connectivity index (χ4v) is 3.03. The average Bonchev–Trinajstić information content (AvgIpc) is 2.79. The van der Waals surface area contributed by atoms with Crippen LogP contribution >= 0.6 is 11.3 Å². The molecule has 0 aliphatic heterocycles. The lowest BCUT2D eigenvalue weighted by Gasteiger charge is -2.23. The molecule has 0 saturated carbocycles. The van der Waals surface area contributed by atoms with Gasteiger partial charge >= 0.3 is 0 Å². The molecule has 0 aliphatic carbocycles. The predicted molar refractivity (Wildman–Crippen MR) is 69.3 cm³/mol. The SMILES string of the molecule is CC(C#N)S(=O)(=O)NCC(C)(C)c1cccs1. The Morgan fingerprint density at radius 1 is 1.59 bits per heavy atom. The molecule has 0 fully saturated rings. The molecule has 1 heterocycles. The van der Waals surface area contributed by atoms with Crippen LogP contribution in [0.1, 0.15) is 25.6 Å². The Labute approximate surface area is 106 Å². The van der Waals surface area contributed by atoms with Gasteiger partial charge in [0.25, 0.3) is 0 Å². The largest absolute Gasteiger partial charge is 0.227 e. The van der Waals surface area contributed by atoms with E-state index in [-0.39, 0.29) is 5.41 Å². The number of nitriles is 1. The molecule has 94 valence electrons. The Kier molecular flexibility index (Phi) is 4.31. The van der Waals surface area contributed by atoms with Crippen LogP contribution in [-0.4, -0.2) is 20.2 Å². The molecule has 0 radical (unpaired) electrons. The zero-order valence-corrected chi connectivity index (χ0v) is 11.7. The first-order valence-corrected chi connectivity index (χ1v) is 7.64. The summed E-state index contributed by atoms with van der Waals surface area (Å²) in [6.07, 6.45) is 0. The smallest absolute Gasteiger partial charge is 0.213 e. The standard InChI is InChI=1S/C11H16N2O2S2/c1-9(7-12)17(14,15)13-8-11(2,3)10-5-4-6-16-10/h4-6,9,13H,8H2,1-3H3. The van der Waals surface area contributed by atoms with Crippen molar-refractivity contribution in [1.29, 1.82) is 5.26 Å². The highest BCUT2D eigenvalue weighted by atomic mass is 32.2. The molecular formula is C11H16N2O2S2. The summed E-state index contributed by atoms with van der Waals surface area (Å²) in [5.41, 5.74) is -0.267. The van der Waals surface area contributed by atoms with E-state index in [0.717, 1.165) is 4.88 Å². The van der Waals surface area contributed by atoms with Crippen LogP contribution in [0.25, 0.3) is 0 Å². The van der Waals surface area contributed by atoms with Crippen LogP contribution < -0.4 is 4.72 Å². The molecule has 0 amide bonds. The average molecular weight is 272 g/mol. The van der Waals surface area contributed by atoms with Crippen molar-refractivity contribution in [2.45, 2.75) is 31.4 Å². The van der Waals surface area contributed by atoms with E-state index >= 15 is 0 Å². The first-order chi connectivity index (χ1) is 7.79. The normalized spacial score (nSPS) is 14.2. The maximum Gasteiger partial charge on any atom is 0.227 e. The molecule has 1 rings (SSSR count). The monoisotopic (exact) mass is 272 g/mol. The van der Waals surface area contributed by atoms with E-state index in [1.807, 2.05) is 31.4 Å². The van der Waals surface area contributed by atoms with Gasteiger partial charge in [-0.2, -0.15) is 5.26 Å². The molecule has 17 heavy (non-hydrogen) atoms. The van der Waals surface area contributed by atoms with Crippen molar-refractivity contribution in [2.24, 2.45) is 0 Å². The molecule has 6 heteroatoms. The minimum Gasteiger partial charge on any atom is -0.213 e. The van der Waals surface area contributed by atoms with Crippen molar-refractivity contribution in [3.8, 4) is 6.07 Å². The Bertz CT molecular complexity index is 498. The number of sulfonamides is 1. The minimum absolute atomic E-state index is 0.267. The van der Waals surface area contributed by atoms with Crippen molar-refractivity contribution in [3.63, 3.8) is 0 Å². The van der Waals surface area contributed by atoms with E-state index in [1.165, 1.54) is 6.92 Å². The van der Waals surface area contributed by atoms with Gasteiger partial charge in [-0.15, -0.1) is 11.3 Å². The van der Waals surface area contributed by atoms with Gasteiger partial charge in [-0.25, -0.2) is 13.1 Å². The van der Waals surface area contributed by atoms with E-state index in [0.29, 0.717) is 6.54 Å². The lowest BCUT2D eigenvalue weighted by molar-refractivity contribution is 0.508. The van der Waals surface area contributed by atoms with Gasteiger partial charge < -0.3 is 0 Å². The molecular weight excluding hydrogens is 256 g/mol. The van der Waals surface area contributed by atoms with E-state index in [4.69, 9.17) is 5.26 Å². The third-order valence-corrected chi connectivity index (χ3v) is 5.37. The molecule has 1 atom stereocenters. The van der Waals surface area contributed by atoms with E-state index in [9.17, 15) is 8.42 Å². The highest BCUT2D eigenvalue weighted by Crippen LogP contribution is 2.26. The van der Waals surface area contributed by atoms with Crippen molar-refractivity contribution in [1.82, 2.24) is 4.72 Å². The predicted octanol–water partition coefficient (Wildman–Crippen LogP) is 1.86. The van der Waals surface area contributed by atoms with Crippen LogP contribution in [-0.2, 0) is 15.4 Å². The summed E-state index contributed by atoms with van der Waals surface area (Å²) in [7, 11) is -3.54. The summed E-state index contributed by atoms with van der Waals surface area (Å²) in [6.45, 7) is 5.61.